The van der Waals surface area contributed by atoms with Crippen LogP contribution < -0.4 is 0 Å². The maximum atomic E-state index is 5.73. The largest absolute Gasteiger partial charge is 0.440 e. The monoisotopic (exact) mass is 185 g/mol. The van der Waals surface area contributed by atoms with Crippen molar-refractivity contribution in [1.82, 2.24) is 0 Å². The van der Waals surface area contributed by atoms with Gasteiger partial charge in [0.05, 0.1) is 0 Å². The Morgan fingerprint density at radius 2 is 2.09 bits per heavy atom. The van der Waals surface area contributed by atoms with E-state index in [1.165, 1.54) is 0 Å². The molecule has 0 bridgehead atoms. The van der Waals surface area contributed by atoms with Gasteiger partial charge in [0, 0.05) is 15.8 Å². The molecule has 0 spiro atoms. The fraction of sp³-hybridized carbons (Fsp3) is 0. The minimum Gasteiger partial charge on any atom is -0.440 e. The average Bonchev–Trinajstić information content (AvgIpc) is 2.33. The van der Waals surface area contributed by atoms with Gasteiger partial charge in [0.1, 0.15) is 0 Å². The number of rotatable bonds is 0. The third-order valence-corrected chi connectivity index (χ3v) is 1.96. The summed E-state index contributed by atoms with van der Waals surface area (Å²) in [7, 11) is 0. The van der Waals surface area contributed by atoms with E-state index in [1.807, 2.05) is 6.07 Å². The van der Waals surface area contributed by atoms with Gasteiger partial charge in [0.2, 0.25) is 5.22 Å². The van der Waals surface area contributed by atoms with Crippen molar-refractivity contribution in [3.8, 4) is 0 Å². The molecule has 2 rings (SSSR count). The lowest BCUT2D eigenvalue weighted by Crippen LogP contribution is -1.64. The van der Waals surface area contributed by atoms with Gasteiger partial charge in [0.15, 0.2) is 6.26 Å². The van der Waals surface area contributed by atoms with E-state index in [1.54, 1.807) is 12.1 Å². The minimum atomic E-state index is 0.336. The Balaban J connectivity index is 2.87. The smallest absolute Gasteiger partial charge is 0.202 e. The molecule has 0 unspecified atom stereocenters. The Hall–Kier alpha value is -0.660. The van der Waals surface area contributed by atoms with Crippen LogP contribution in [-0.4, -0.2) is 0 Å². The molecule has 0 amide bonds. The summed E-state index contributed by atoms with van der Waals surface area (Å²) in [4.78, 5) is 0. The van der Waals surface area contributed by atoms with Crippen LogP contribution >= 0.6 is 23.2 Å². The number of fused-ring (bicyclic) bond motifs is 1. The van der Waals surface area contributed by atoms with E-state index >= 15 is 0 Å². The highest BCUT2D eigenvalue weighted by Crippen LogP contribution is 2.27. The number of benzene rings is 1. The summed E-state index contributed by atoms with van der Waals surface area (Å²) in [6, 6.07) is 5.33. The van der Waals surface area contributed by atoms with Crippen molar-refractivity contribution in [3.05, 3.63) is 34.7 Å². The van der Waals surface area contributed by atoms with Crippen molar-refractivity contribution in [3.63, 3.8) is 0 Å². The Bertz CT molecular complexity index is 392. The predicted octanol–water partition coefficient (Wildman–Crippen LogP) is 3.54. The highest BCUT2D eigenvalue weighted by atomic mass is 35.5. The molecule has 0 aliphatic heterocycles. The zero-order chi connectivity index (χ0) is 7.84. The summed E-state index contributed by atoms with van der Waals surface area (Å²) in [5.41, 5.74) is 0. The topological polar surface area (TPSA) is 13.1 Å². The summed E-state index contributed by atoms with van der Waals surface area (Å²) in [5, 5.41) is 2.63. The fourth-order valence-corrected chi connectivity index (χ4v) is 1.29. The van der Waals surface area contributed by atoms with Gasteiger partial charge in [-0.05, 0) is 29.8 Å². The van der Waals surface area contributed by atoms with Gasteiger partial charge in [-0.2, -0.15) is 0 Å². The number of furan rings is 1. The molecular weight excluding hydrogens is 183 g/mol. The first kappa shape index (κ1) is 7.01. The highest BCUT2D eigenvalue weighted by molar-refractivity contribution is 6.35. The van der Waals surface area contributed by atoms with Crippen molar-refractivity contribution in [1.29, 1.82) is 0 Å². The molecule has 2 aromatic rings. The zero-order valence-corrected chi connectivity index (χ0v) is 6.91. The van der Waals surface area contributed by atoms with Crippen LogP contribution in [0.3, 0.4) is 0 Å². The van der Waals surface area contributed by atoms with E-state index in [0.717, 1.165) is 10.8 Å². The molecule has 0 N–H and O–H groups in total. The lowest BCUT2D eigenvalue weighted by molar-refractivity contribution is 0.565. The van der Waals surface area contributed by atoms with Crippen molar-refractivity contribution in [2.24, 2.45) is 0 Å². The third kappa shape index (κ3) is 1.10. The molecule has 0 aliphatic carbocycles. The average molecular weight is 186 g/mol. The zero-order valence-electron chi connectivity index (χ0n) is 5.40. The molecule has 1 nitrogen and oxygen atoms in total. The van der Waals surface area contributed by atoms with Crippen LogP contribution in [0.4, 0.5) is 0 Å². The molecule has 1 aromatic heterocycles. The van der Waals surface area contributed by atoms with Gasteiger partial charge < -0.3 is 4.42 Å². The highest BCUT2D eigenvalue weighted by Gasteiger charge is 2.03. The standard InChI is InChI=1S/C8H3Cl2O/c9-6-2-1-5-4-11-8(10)7(5)3-6/h1-3H. The number of hydrogen-bond donors (Lipinski definition) is 0. The Labute approximate surface area is 73.5 Å². The first-order chi connectivity index (χ1) is 5.27. The van der Waals surface area contributed by atoms with Crippen LogP contribution in [0.25, 0.3) is 10.8 Å². The summed E-state index contributed by atoms with van der Waals surface area (Å²) in [6.45, 7) is 0. The summed E-state index contributed by atoms with van der Waals surface area (Å²) in [6.07, 6.45) is 2.65. The molecule has 1 radical (unpaired) electrons. The minimum absolute atomic E-state index is 0.336. The molecule has 1 heterocycles. The second-order valence-corrected chi connectivity index (χ2v) is 2.95. The molecule has 0 saturated carbocycles. The van der Waals surface area contributed by atoms with Crippen LogP contribution in [0, 0.1) is 6.26 Å². The molecule has 11 heavy (non-hydrogen) atoms. The summed E-state index contributed by atoms with van der Waals surface area (Å²) in [5.74, 6) is 0. The molecule has 0 fully saturated rings. The number of halogens is 2. The Morgan fingerprint density at radius 3 is 2.91 bits per heavy atom. The van der Waals surface area contributed by atoms with Gasteiger partial charge in [-0.3, -0.25) is 0 Å². The van der Waals surface area contributed by atoms with Crippen molar-refractivity contribution in [2.75, 3.05) is 0 Å². The van der Waals surface area contributed by atoms with E-state index < -0.39 is 0 Å². The van der Waals surface area contributed by atoms with Gasteiger partial charge >= 0.3 is 0 Å². The van der Waals surface area contributed by atoms with E-state index in [4.69, 9.17) is 27.6 Å². The Kier molecular flexibility index (Phi) is 1.55. The fourth-order valence-electron chi connectivity index (χ4n) is 0.923. The third-order valence-electron chi connectivity index (χ3n) is 1.44. The van der Waals surface area contributed by atoms with Gasteiger partial charge in [-0.15, -0.1) is 0 Å². The molecule has 0 aliphatic rings. The lowest BCUT2D eigenvalue weighted by atomic mass is 10.2. The van der Waals surface area contributed by atoms with Crippen LogP contribution in [-0.2, 0) is 0 Å². The quantitative estimate of drug-likeness (QED) is 0.613. The van der Waals surface area contributed by atoms with Crippen molar-refractivity contribution >= 4 is 34.0 Å². The SMILES string of the molecule is Clc1ccc2[c]oc(Cl)c2c1. The molecule has 55 valence electrons. The van der Waals surface area contributed by atoms with Gasteiger partial charge in [-0.25, -0.2) is 0 Å². The molecule has 0 saturated heterocycles. The lowest BCUT2D eigenvalue weighted by Gasteiger charge is -1.88. The van der Waals surface area contributed by atoms with E-state index in [-0.39, 0.29) is 0 Å². The maximum Gasteiger partial charge on any atom is 0.202 e. The molecule has 0 atom stereocenters. The molecule has 1 aromatic carbocycles. The normalized spacial score (nSPS) is 10.7. The predicted molar refractivity (Wildman–Crippen MR) is 45.1 cm³/mol. The maximum absolute atomic E-state index is 5.73. The van der Waals surface area contributed by atoms with Gasteiger partial charge in [0.25, 0.3) is 0 Å². The van der Waals surface area contributed by atoms with Crippen LogP contribution in [0.2, 0.25) is 10.2 Å². The molecule has 3 heteroatoms. The Morgan fingerprint density at radius 1 is 1.27 bits per heavy atom. The van der Waals surface area contributed by atoms with Crippen LogP contribution in [0.15, 0.2) is 22.6 Å². The van der Waals surface area contributed by atoms with E-state index in [0.29, 0.717) is 10.2 Å². The van der Waals surface area contributed by atoms with Crippen molar-refractivity contribution < 1.29 is 4.42 Å². The first-order valence-electron chi connectivity index (χ1n) is 3.02. The second-order valence-electron chi connectivity index (χ2n) is 2.17. The van der Waals surface area contributed by atoms with Crippen molar-refractivity contribution in [2.45, 2.75) is 0 Å². The van der Waals surface area contributed by atoms with E-state index in [2.05, 4.69) is 6.26 Å². The number of hydrogen-bond acceptors (Lipinski definition) is 1. The second kappa shape index (κ2) is 2.43. The van der Waals surface area contributed by atoms with Gasteiger partial charge in [-0.1, -0.05) is 11.6 Å². The first-order valence-corrected chi connectivity index (χ1v) is 3.78. The van der Waals surface area contributed by atoms with E-state index in [9.17, 15) is 0 Å². The van der Waals surface area contributed by atoms with Crippen LogP contribution in [0.5, 0.6) is 0 Å². The van der Waals surface area contributed by atoms with Crippen LogP contribution in [0.1, 0.15) is 0 Å². The summed E-state index contributed by atoms with van der Waals surface area (Å²) < 4.78 is 4.85. The molecular formula is C8H3Cl2O. The summed E-state index contributed by atoms with van der Waals surface area (Å²) >= 11 is 11.4.